The molecular weight excluding hydrogens is 402 g/mol. The lowest BCUT2D eigenvalue weighted by molar-refractivity contribution is -0.132. The molecule has 1 aliphatic heterocycles. The predicted octanol–water partition coefficient (Wildman–Crippen LogP) is 3.90. The van der Waals surface area contributed by atoms with Gasteiger partial charge in [-0.05, 0) is 48.6 Å². The van der Waals surface area contributed by atoms with Gasteiger partial charge in [-0.15, -0.1) is 0 Å². The summed E-state index contributed by atoms with van der Waals surface area (Å²) in [7, 11) is 0. The highest BCUT2D eigenvalue weighted by Gasteiger charge is 2.26. The van der Waals surface area contributed by atoms with Gasteiger partial charge in [0.25, 0.3) is 0 Å². The van der Waals surface area contributed by atoms with Crippen LogP contribution in [0.3, 0.4) is 0 Å². The maximum Gasteiger partial charge on any atom is 0.387 e. The summed E-state index contributed by atoms with van der Waals surface area (Å²) in [4.78, 5) is 26.5. The van der Waals surface area contributed by atoms with Gasteiger partial charge in [0.15, 0.2) is 0 Å². The van der Waals surface area contributed by atoms with E-state index in [4.69, 9.17) is 0 Å². The van der Waals surface area contributed by atoms with E-state index in [1.54, 1.807) is 29.2 Å². The smallest absolute Gasteiger partial charge is 0.387 e. The Hall–Kier alpha value is -3.22. The van der Waals surface area contributed by atoms with Gasteiger partial charge in [-0.3, -0.25) is 9.59 Å². The van der Waals surface area contributed by atoms with E-state index in [9.17, 15) is 18.4 Å². The van der Waals surface area contributed by atoms with Crippen LogP contribution in [0.4, 0.5) is 8.78 Å². The van der Waals surface area contributed by atoms with Gasteiger partial charge in [-0.1, -0.05) is 42.5 Å². The number of alkyl halides is 2. The third-order valence-electron chi connectivity index (χ3n) is 5.26. The van der Waals surface area contributed by atoms with Crippen molar-refractivity contribution in [1.29, 1.82) is 0 Å². The number of nitrogens with one attached hydrogen (secondary N) is 1. The molecule has 0 saturated carbocycles. The molecule has 164 valence electrons. The van der Waals surface area contributed by atoms with Crippen LogP contribution in [-0.2, 0) is 16.0 Å². The fraction of sp³-hybridized carbons (Fsp3) is 0.333. The minimum absolute atomic E-state index is 0.00965. The summed E-state index contributed by atoms with van der Waals surface area (Å²) in [5, 5.41) is 2.93. The van der Waals surface area contributed by atoms with Crippen LogP contribution in [0.5, 0.6) is 5.75 Å². The van der Waals surface area contributed by atoms with Gasteiger partial charge >= 0.3 is 6.61 Å². The number of rotatable bonds is 8. The topological polar surface area (TPSA) is 58.6 Å². The van der Waals surface area contributed by atoms with Crippen LogP contribution in [0.25, 0.3) is 6.08 Å². The molecule has 0 bridgehead atoms. The molecule has 2 amide bonds. The molecule has 0 radical (unpaired) electrons. The van der Waals surface area contributed by atoms with Crippen molar-refractivity contribution in [2.75, 3.05) is 19.6 Å². The number of hydrogen-bond donors (Lipinski definition) is 1. The Morgan fingerprint density at radius 2 is 1.74 bits per heavy atom. The summed E-state index contributed by atoms with van der Waals surface area (Å²) >= 11 is 0. The number of carbonyl (C=O) groups is 2. The largest absolute Gasteiger partial charge is 0.435 e. The van der Waals surface area contributed by atoms with Crippen molar-refractivity contribution in [2.24, 2.45) is 5.92 Å². The van der Waals surface area contributed by atoms with Crippen LogP contribution in [0.2, 0.25) is 0 Å². The van der Waals surface area contributed by atoms with Crippen molar-refractivity contribution in [1.82, 2.24) is 10.2 Å². The fourth-order valence-electron chi connectivity index (χ4n) is 3.51. The highest BCUT2D eigenvalue weighted by Crippen LogP contribution is 2.18. The van der Waals surface area contributed by atoms with Crippen LogP contribution in [0.1, 0.15) is 24.0 Å². The molecule has 1 N–H and O–H groups in total. The molecule has 1 fully saturated rings. The lowest BCUT2D eigenvalue weighted by Crippen LogP contribution is -2.42. The summed E-state index contributed by atoms with van der Waals surface area (Å²) in [5.41, 5.74) is 1.90. The van der Waals surface area contributed by atoms with Crippen LogP contribution >= 0.6 is 0 Å². The molecular formula is C24H26F2N2O3. The third kappa shape index (κ3) is 7.20. The molecule has 5 nitrogen and oxygen atoms in total. The molecule has 0 aliphatic carbocycles. The molecule has 0 aromatic heterocycles. The standard InChI is InChI=1S/C24H26F2N2O3/c25-24(26)31-21-9-6-19(7-10-21)12-15-27-23(30)20-13-16-28(17-14-20)22(29)11-8-18-4-2-1-3-5-18/h1-11,20,24H,12-17H2,(H,27,30)/b11-8+. The number of likely N-dealkylation sites (tertiary alicyclic amines) is 1. The molecule has 7 heteroatoms. The van der Waals surface area contributed by atoms with Crippen LogP contribution in [0, 0.1) is 5.92 Å². The lowest BCUT2D eigenvalue weighted by Gasteiger charge is -2.30. The second-order valence-electron chi connectivity index (χ2n) is 7.41. The molecule has 1 heterocycles. The summed E-state index contributed by atoms with van der Waals surface area (Å²) < 4.78 is 28.7. The van der Waals surface area contributed by atoms with E-state index in [1.807, 2.05) is 30.3 Å². The van der Waals surface area contributed by atoms with Crippen molar-refractivity contribution >= 4 is 17.9 Å². The minimum Gasteiger partial charge on any atom is -0.435 e. The maximum absolute atomic E-state index is 12.4. The van der Waals surface area contributed by atoms with Crippen molar-refractivity contribution in [3.63, 3.8) is 0 Å². The van der Waals surface area contributed by atoms with E-state index in [1.165, 1.54) is 12.1 Å². The van der Waals surface area contributed by atoms with E-state index in [0.717, 1.165) is 11.1 Å². The SMILES string of the molecule is O=C(NCCc1ccc(OC(F)F)cc1)C1CCN(C(=O)/C=C/c2ccccc2)CC1. The summed E-state index contributed by atoms with van der Waals surface area (Å²) in [5.74, 6) is -0.0433. The summed E-state index contributed by atoms with van der Waals surface area (Å²) in [6.07, 6.45) is 5.25. The van der Waals surface area contributed by atoms with Gasteiger partial charge in [-0.25, -0.2) is 0 Å². The van der Waals surface area contributed by atoms with E-state index in [0.29, 0.717) is 38.9 Å². The Balaban J connectivity index is 1.37. The predicted molar refractivity (Wildman–Crippen MR) is 115 cm³/mol. The second kappa shape index (κ2) is 11.2. The zero-order chi connectivity index (χ0) is 22.1. The van der Waals surface area contributed by atoms with Gasteiger partial charge in [0, 0.05) is 31.6 Å². The lowest BCUT2D eigenvalue weighted by atomic mass is 9.95. The van der Waals surface area contributed by atoms with Gasteiger partial charge in [0.05, 0.1) is 0 Å². The average Bonchev–Trinajstić information content (AvgIpc) is 2.79. The first-order valence-electron chi connectivity index (χ1n) is 10.3. The number of piperidine rings is 1. The van der Waals surface area contributed by atoms with E-state index in [-0.39, 0.29) is 23.5 Å². The molecule has 2 aromatic rings. The number of nitrogens with zero attached hydrogens (tertiary/aromatic N) is 1. The Morgan fingerprint density at radius 1 is 1.06 bits per heavy atom. The van der Waals surface area contributed by atoms with Crippen LogP contribution in [-0.4, -0.2) is 43.0 Å². The number of halogens is 2. The highest BCUT2D eigenvalue weighted by atomic mass is 19.3. The normalized spacial score (nSPS) is 14.7. The van der Waals surface area contributed by atoms with Gasteiger partial charge in [0.1, 0.15) is 5.75 Å². The minimum atomic E-state index is -2.84. The number of amides is 2. The molecule has 3 rings (SSSR count). The van der Waals surface area contributed by atoms with Crippen LogP contribution < -0.4 is 10.1 Å². The van der Waals surface area contributed by atoms with E-state index >= 15 is 0 Å². The molecule has 1 aliphatic rings. The first-order chi connectivity index (χ1) is 15.0. The number of benzene rings is 2. The Kier molecular flexibility index (Phi) is 8.15. The van der Waals surface area contributed by atoms with Crippen molar-refractivity contribution in [3.8, 4) is 5.75 Å². The Labute approximate surface area is 180 Å². The van der Waals surface area contributed by atoms with Gasteiger partial charge in [-0.2, -0.15) is 8.78 Å². The maximum atomic E-state index is 12.4. The second-order valence-corrected chi connectivity index (χ2v) is 7.41. The van der Waals surface area contributed by atoms with Crippen molar-refractivity contribution in [2.45, 2.75) is 25.9 Å². The Bertz CT molecular complexity index is 877. The first-order valence-corrected chi connectivity index (χ1v) is 10.3. The fourth-order valence-corrected chi connectivity index (χ4v) is 3.51. The van der Waals surface area contributed by atoms with Gasteiger partial charge < -0.3 is 15.0 Å². The first kappa shape index (κ1) is 22.5. The molecule has 0 spiro atoms. The van der Waals surface area contributed by atoms with Crippen molar-refractivity contribution in [3.05, 3.63) is 71.8 Å². The molecule has 2 aromatic carbocycles. The highest BCUT2D eigenvalue weighted by molar-refractivity contribution is 5.92. The molecule has 1 saturated heterocycles. The monoisotopic (exact) mass is 428 g/mol. The van der Waals surface area contributed by atoms with E-state index < -0.39 is 6.61 Å². The zero-order valence-electron chi connectivity index (χ0n) is 17.2. The molecule has 0 unspecified atom stereocenters. The number of hydrogen-bond acceptors (Lipinski definition) is 3. The Morgan fingerprint density at radius 3 is 2.39 bits per heavy atom. The third-order valence-corrected chi connectivity index (χ3v) is 5.26. The quantitative estimate of drug-likeness (QED) is 0.649. The number of ether oxygens (including phenoxy) is 1. The number of carbonyl (C=O) groups excluding carboxylic acids is 2. The average molecular weight is 428 g/mol. The molecule has 31 heavy (non-hydrogen) atoms. The van der Waals surface area contributed by atoms with E-state index in [2.05, 4.69) is 10.1 Å². The van der Waals surface area contributed by atoms with Crippen LogP contribution in [0.15, 0.2) is 60.7 Å². The molecule has 0 atom stereocenters. The van der Waals surface area contributed by atoms with Gasteiger partial charge in [0.2, 0.25) is 11.8 Å². The van der Waals surface area contributed by atoms with Crippen molar-refractivity contribution < 1.29 is 23.1 Å². The zero-order valence-corrected chi connectivity index (χ0v) is 17.2. The summed E-state index contributed by atoms with van der Waals surface area (Å²) in [6, 6.07) is 16.0. The summed E-state index contributed by atoms with van der Waals surface area (Å²) in [6.45, 7) is -1.26.